The summed E-state index contributed by atoms with van der Waals surface area (Å²) in [5.41, 5.74) is 1.61. The summed E-state index contributed by atoms with van der Waals surface area (Å²) in [4.78, 5) is 15.1. The molecule has 0 atom stereocenters. The molecule has 4 nitrogen and oxygen atoms in total. The minimum absolute atomic E-state index is 0.229. The van der Waals surface area contributed by atoms with Crippen molar-refractivity contribution in [2.75, 3.05) is 12.4 Å². The van der Waals surface area contributed by atoms with E-state index in [1.165, 1.54) is 6.08 Å². The number of hydrogen-bond acceptors (Lipinski definition) is 3. The molecule has 0 aromatic carbocycles. The van der Waals surface area contributed by atoms with Gasteiger partial charge in [0.25, 0.3) is 0 Å². The van der Waals surface area contributed by atoms with E-state index in [1.807, 2.05) is 13.1 Å². The summed E-state index contributed by atoms with van der Waals surface area (Å²) in [6.45, 7) is 4.08. The molecule has 0 aliphatic rings. The van der Waals surface area contributed by atoms with Gasteiger partial charge in [-0.2, -0.15) is 0 Å². The maximum Gasteiger partial charge on any atom is 0.247 e. The average molecular weight is 191 g/mol. The summed E-state index contributed by atoms with van der Waals surface area (Å²) in [6.07, 6.45) is 2.84. The Kier molecular flexibility index (Phi) is 3.82. The summed E-state index contributed by atoms with van der Waals surface area (Å²) in [7, 11) is 1.86. The van der Waals surface area contributed by atoms with E-state index in [2.05, 4.69) is 22.2 Å². The Hall–Kier alpha value is -1.68. The fourth-order valence-electron chi connectivity index (χ4n) is 0.977. The number of anilines is 1. The van der Waals surface area contributed by atoms with Gasteiger partial charge in [0.05, 0.1) is 17.6 Å². The van der Waals surface area contributed by atoms with Gasteiger partial charge in [-0.25, -0.2) is 0 Å². The van der Waals surface area contributed by atoms with Gasteiger partial charge in [-0.3, -0.25) is 9.78 Å². The Labute approximate surface area is 83.0 Å². The van der Waals surface area contributed by atoms with Crippen LogP contribution in [0.25, 0.3) is 0 Å². The third-order valence-electron chi connectivity index (χ3n) is 1.64. The van der Waals surface area contributed by atoms with Crippen LogP contribution < -0.4 is 10.6 Å². The van der Waals surface area contributed by atoms with Gasteiger partial charge in [-0.05, 0) is 25.3 Å². The molecule has 4 heteroatoms. The average Bonchev–Trinajstić information content (AvgIpc) is 2.21. The Balaban J connectivity index is 2.63. The molecule has 74 valence electrons. The van der Waals surface area contributed by atoms with Crippen LogP contribution in [0.1, 0.15) is 5.69 Å². The minimum Gasteiger partial charge on any atom is -0.321 e. The number of hydrogen-bond donors (Lipinski definition) is 2. The summed E-state index contributed by atoms with van der Waals surface area (Å²) >= 11 is 0. The Bertz CT molecular complexity index is 319. The first kappa shape index (κ1) is 10.4. The minimum atomic E-state index is -0.229. The zero-order chi connectivity index (χ0) is 10.4. The Morgan fingerprint density at radius 3 is 2.93 bits per heavy atom. The van der Waals surface area contributed by atoms with Crippen LogP contribution in [-0.4, -0.2) is 17.9 Å². The number of carbonyl (C=O) groups excluding carboxylic acids is 1. The van der Waals surface area contributed by atoms with Crippen molar-refractivity contribution in [2.24, 2.45) is 0 Å². The fourth-order valence-corrected chi connectivity index (χ4v) is 0.977. The van der Waals surface area contributed by atoms with Crippen LogP contribution in [0.5, 0.6) is 0 Å². The molecular formula is C10H13N3O. The Morgan fingerprint density at radius 1 is 1.64 bits per heavy atom. The molecule has 0 radical (unpaired) electrons. The van der Waals surface area contributed by atoms with Crippen molar-refractivity contribution < 1.29 is 4.79 Å². The molecule has 0 unspecified atom stereocenters. The van der Waals surface area contributed by atoms with Gasteiger partial charge in [0.2, 0.25) is 5.91 Å². The highest BCUT2D eigenvalue weighted by Crippen LogP contribution is 2.05. The number of amides is 1. The van der Waals surface area contributed by atoms with E-state index in [1.54, 1.807) is 12.3 Å². The number of nitrogens with one attached hydrogen (secondary N) is 2. The highest BCUT2D eigenvalue weighted by Gasteiger charge is 1.97. The molecule has 0 aliphatic heterocycles. The molecule has 2 N–H and O–H groups in total. The predicted octanol–water partition coefficient (Wildman–Crippen LogP) is 0.925. The standard InChI is InChI=1S/C10H13N3O/c1-3-10(14)13-9-5-4-8(6-11-2)12-7-9/h3-5,7,11H,1,6H2,2H3,(H,13,14). The second-order valence-corrected chi connectivity index (χ2v) is 2.76. The van der Waals surface area contributed by atoms with E-state index in [-0.39, 0.29) is 5.91 Å². The molecule has 0 spiro atoms. The first-order chi connectivity index (χ1) is 6.76. The van der Waals surface area contributed by atoms with Gasteiger partial charge in [0.1, 0.15) is 0 Å². The van der Waals surface area contributed by atoms with Gasteiger partial charge in [-0.1, -0.05) is 6.58 Å². The van der Waals surface area contributed by atoms with Crippen molar-refractivity contribution in [1.29, 1.82) is 0 Å². The lowest BCUT2D eigenvalue weighted by Gasteiger charge is -2.02. The SMILES string of the molecule is C=CC(=O)Nc1ccc(CNC)nc1. The number of carbonyl (C=O) groups is 1. The lowest BCUT2D eigenvalue weighted by molar-refractivity contribution is -0.111. The van der Waals surface area contributed by atoms with Crippen molar-refractivity contribution in [1.82, 2.24) is 10.3 Å². The zero-order valence-corrected chi connectivity index (χ0v) is 8.08. The van der Waals surface area contributed by atoms with Crippen molar-refractivity contribution in [3.63, 3.8) is 0 Å². The van der Waals surface area contributed by atoms with Gasteiger partial charge < -0.3 is 10.6 Å². The first-order valence-corrected chi connectivity index (χ1v) is 4.29. The van der Waals surface area contributed by atoms with Gasteiger partial charge in [-0.15, -0.1) is 0 Å². The van der Waals surface area contributed by atoms with Crippen LogP contribution in [0.4, 0.5) is 5.69 Å². The highest BCUT2D eigenvalue weighted by atomic mass is 16.1. The van der Waals surface area contributed by atoms with Crippen LogP contribution in [-0.2, 0) is 11.3 Å². The van der Waals surface area contributed by atoms with Crippen molar-refractivity contribution in [3.8, 4) is 0 Å². The molecule has 1 aromatic heterocycles. The quantitative estimate of drug-likeness (QED) is 0.696. The smallest absolute Gasteiger partial charge is 0.247 e. The Morgan fingerprint density at radius 2 is 2.43 bits per heavy atom. The summed E-state index contributed by atoms with van der Waals surface area (Å²) in [5, 5.41) is 5.61. The number of rotatable bonds is 4. The molecule has 0 aliphatic carbocycles. The molecule has 1 amide bonds. The molecule has 1 rings (SSSR count). The topological polar surface area (TPSA) is 54.0 Å². The summed E-state index contributed by atoms with van der Waals surface area (Å²) in [6, 6.07) is 3.66. The number of aromatic nitrogens is 1. The number of nitrogens with zero attached hydrogens (tertiary/aromatic N) is 1. The lowest BCUT2D eigenvalue weighted by Crippen LogP contribution is -2.09. The van der Waals surface area contributed by atoms with Crippen LogP contribution in [0.2, 0.25) is 0 Å². The molecule has 0 bridgehead atoms. The van der Waals surface area contributed by atoms with E-state index >= 15 is 0 Å². The molecule has 1 aromatic rings. The van der Waals surface area contributed by atoms with E-state index < -0.39 is 0 Å². The van der Waals surface area contributed by atoms with E-state index in [0.29, 0.717) is 5.69 Å². The van der Waals surface area contributed by atoms with Gasteiger partial charge in [0.15, 0.2) is 0 Å². The fraction of sp³-hybridized carbons (Fsp3) is 0.200. The van der Waals surface area contributed by atoms with E-state index in [0.717, 1.165) is 12.2 Å². The number of pyridine rings is 1. The van der Waals surface area contributed by atoms with Crippen LogP contribution in [0.15, 0.2) is 31.0 Å². The maximum absolute atomic E-state index is 10.9. The van der Waals surface area contributed by atoms with E-state index in [4.69, 9.17) is 0 Å². The molecule has 0 fully saturated rings. The maximum atomic E-state index is 10.9. The van der Waals surface area contributed by atoms with Gasteiger partial charge >= 0.3 is 0 Å². The van der Waals surface area contributed by atoms with Crippen LogP contribution in [0.3, 0.4) is 0 Å². The van der Waals surface area contributed by atoms with Crippen LogP contribution >= 0.6 is 0 Å². The zero-order valence-electron chi connectivity index (χ0n) is 8.08. The molecule has 14 heavy (non-hydrogen) atoms. The van der Waals surface area contributed by atoms with Gasteiger partial charge in [0, 0.05) is 6.54 Å². The monoisotopic (exact) mass is 191 g/mol. The largest absolute Gasteiger partial charge is 0.321 e. The summed E-state index contributed by atoms with van der Waals surface area (Å²) in [5.74, 6) is -0.229. The van der Waals surface area contributed by atoms with Crippen molar-refractivity contribution in [3.05, 3.63) is 36.7 Å². The third-order valence-corrected chi connectivity index (χ3v) is 1.64. The first-order valence-electron chi connectivity index (χ1n) is 4.29. The molecule has 0 saturated heterocycles. The second kappa shape index (κ2) is 5.14. The van der Waals surface area contributed by atoms with Crippen molar-refractivity contribution >= 4 is 11.6 Å². The predicted molar refractivity (Wildman–Crippen MR) is 55.8 cm³/mol. The van der Waals surface area contributed by atoms with E-state index in [9.17, 15) is 4.79 Å². The second-order valence-electron chi connectivity index (χ2n) is 2.76. The lowest BCUT2D eigenvalue weighted by atomic mass is 10.3. The highest BCUT2D eigenvalue weighted by molar-refractivity contribution is 5.98. The normalized spacial score (nSPS) is 9.50. The summed E-state index contributed by atoms with van der Waals surface area (Å²) < 4.78 is 0. The van der Waals surface area contributed by atoms with Crippen LogP contribution in [0, 0.1) is 0 Å². The van der Waals surface area contributed by atoms with Crippen molar-refractivity contribution in [2.45, 2.75) is 6.54 Å². The molecule has 1 heterocycles. The third kappa shape index (κ3) is 2.99. The molecule has 0 saturated carbocycles. The molecular weight excluding hydrogens is 178 g/mol.